The molecule has 2 heterocycles. The average molecular weight is 493 g/mol. The van der Waals surface area contributed by atoms with E-state index in [1.165, 1.54) is 18.6 Å². The zero-order valence-corrected chi connectivity index (χ0v) is 20.9. The van der Waals surface area contributed by atoms with Gasteiger partial charge in [-0.2, -0.15) is 0 Å². The molecule has 190 valence electrons. The molecule has 0 saturated carbocycles. The molecule has 3 atom stereocenters. The Kier molecular flexibility index (Phi) is 9.87. The second kappa shape index (κ2) is 13.1. The number of nitrogens with one attached hydrogen (secondary N) is 1. The van der Waals surface area contributed by atoms with Gasteiger partial charge in [0, 0.05) is 31.1 Å². The third-order valence-corrected chi connectivity index (χ3v) is 6.00. The van der Waals surface area contributed by atoms with Crippen molar-refractivity contribution in [2.24, 2.45) is 5.92 Å². The van der Waals surface area contributed by atoms with Gasteiger partial charge in [0.05, 0.1) is 18.7 Å². The number of aromatic nitrogens is 2. The molecule has 1 amide bonds. The van der Waals surface area contributed by atoms with Gasteiger partial charge in [-0.1, -0.05) is 51.1 Å². The van der Waals surface area contributed by atoms with Crippen LogP contribution in [0, 0.1) is 5.92 Å². The van der Waals surface area contributed by atoms with E-state index in [9.17, 15) is 19.2 Å². The molecule has 1 aliphatic rings. The fraction of sp³-hybridized carbons (Fsp3) is 0.462. The van der Waals surface area contributed by atoms with Gasteiger partial charge in [0.2, 0.25) is 0 Å². The maximum atomic E-state index is 13.6. The van der Waals surface area contributed by atoms with Crippen molar-refractivity contribution in [2.75, 3.05) is 0 Å². The normalized spacial score (nSPS) is 17.3. The van der Waals surface area contributed by atoms with E-state index in [-0.39, 0.29) is 48.9 Å². The first kappa shape index (κ1) is 27.2. The predicted molar refractivity (Wildman–Crippen MR) is 133 cm³/mol. The molecule has 0 radical (unpaired) electrons. The minimum atomic E-state index is -1.01. The van der Waals surface area contributed by atoms with E-state index in [2.05, 4.69) is 15.3 Å². The highest BCUT2D eigenvalue weighted by Gasteiger charge is 2.44. The second-order valence-corrected chi connectivity index (χ2v) is 9.37. The number of carbonyl (C=O) groups is 4. The standard InChI is InChI=1S/C26H32BN3O6/c1-4-22(31)24-15-25(33)36-27(35-24)19(12-17(2)3)14-23(32)20(13-18-8-6-5-7-9-18)30-26(34)21-16-28-10-11-29-21/h5-11,16-17,19-20,24H,4,12-15H2,1-3H3,(H,30,34)/t19-,20+,24-/m1/s1. The van der Waals surface area contributed by atoms with Gasteiger partial charge in [0.15, 0.2) is 11.6 Å². The Balaban J connectivity index is 1.81. The number of rotatable bonds is 12. The summed E-state index contributed by atoms with van der Waals surface area (Å²) >= 11 is 0. The number of Topliss-reactive ketones (excluding diaryl/α,β-unsaturated/α-hetero) is 2. The zero-order valence-electron chi connectivity index (χ0n) is 20.9. The highest BCUT2D eigenvalue weighted by Crippen LogP contribution is 2.31. The largest absolute Gasteiger partial charge is 0.531 e. The first-order valence-corrected chi connectivity index (χ1v) is 12.3. The van der Waals surface area contributed by atoms with E-state index in [1.54, 1.807) is 6.92 Å². The molecule has 0 bridgehead atoms. The lowest BCUT2D eigenvalue weighted by Gasteiger charge is -2.32. The lowest BCUT2D eigenvalue weighted by Crippen LogP contribution is -2.47. The average Bonchev–Trinajstić information content (AvgIpc) is 2.87. The number of hydrogen-bond donors (Lipinski definition) is 1. The van der Waals surface area contributed by atoms with Crippen molar-refractivity contribution in [1.29, 1.82) is 0 Å². The van der Waals surface area contributed by atoms with Crippen LogP contribution in [0.5, 0.6) is 0 Å². The number of hydrogen-bond acceptors (Lipinski definition) is 8. The molecule has 1 saturated heterocycles. The maximum Gasteiger partial charge on any atom is 0.531 e. The van der Waals surface area contributed by atoms with Crippen LogP contribution in [0.25, 0.3) is 0 Å². The molecule has 36 heavy (non-hydrogen) atoms. The van der Waals surface area contributed by atoms with Crippen molar-refractivity contribution in [2.45, 2.75) is 70.8 Å². The van der Waals surface area contributed by atoms with Crippen LogP contribution in [0.15, 0.2) is 48.9 Å². The molecule has 1 aromatic heterocycles. The van der Waals surface area contributed by atoms with Gasteiger partial charge in [0.1, 0.15) is 11.8 Å². The topological polar surface area (TPSA) is 125 Å². The van der Waals surface area contributed by atoms with Gasteiger partial charge < -0.3 is 14.6 Å². The molecule has 1 N–H and O–H groups in total. The van der Waals surface area contributed by atoms with Crippen LogP contribution in [-0.4, -0.2) is 52.7 Å². The predicted octanol–water partition coefficient (Wildman–Crippen LogP) is 2.99. The minimum Gasteiger partial charge on any atom is -0.509 e. The van der Waals surface area contributed by atoms with Gasteiger partial charge in [-0.25, -0.2) is 4.98 Å². The summed E-state index contributed by atoms with van der Waals surface area (Å²) in [6.07, 6.45) is 4.26. The molecule has 10 heteroatoms. The Morgan fingerprint density at radius 2 is 1.92 bits per heavy atom. The summed E-state index contributed by atoms with van der Waals surface area (Å²) in [6.45, 7) is 5.70. The fourth-order valence-corrected chi connectivity index (χ4v) is 4.23. The Bertz CT molecular complexity index is 1050. The van der Waals surface area contributed by atoms with Crippen LogP contribution in [0.1, 0.15) is 62.5 Å². The van der Waals surface area contributed by atoms with Crippen LogP contribution in [-0.2, 0) is 30.1 Å². The number of ketones is 2. The van der Waals surface area contributed by atoms with Crippen molar-refractivity contribution >= 4 is 30.6 Å². The van der Waals surface area contributed by atoms with Crippen LogP contribution in [0.2, 0.25) is 5.82 Å². The summed E-state index contributed by atoms with van der Waals surface area (Å²) in [7, 11) is -1.01. The molecule has 0 unspecified atom stereocenters. The Hall–Kier alpha value is -3.40. The van der Waals surface area contributed by atoms with Gasteiger partial charge in [-0.05, 0) is 24.3 Å². The van der Waals surface area contributed by atoms with Crippen molar-refractivity contribution in [3.8, 4) is 0 Å². The van der Waals surface area contributed by atoms with Crippen molar-refractivity contribution < 1.29 is 28.5 Å². The molecular formula is C26H32BN3O6. The zero-order chi connectivity index (χ0) is 26.1. The lowest BCUT2D eigenvalue weighted by atomic mass is 9.64. The molecule has 9 nitrogen and oxygen atoms in total. The smallest absolute Gasteiger partial charge is 0.509 e. The summed E-state index contributed by atoms with van der Waals surface area (Å²) in [4.78, 5) is 58.8. The third-order valence-electron chi connectivity index (χ3n) is 6.00. The SMILES string of the molecule is CCC(=O)[C@H]1CC(=O)OB([C@@H](CC(=O)[C@H](Cc2ccccc2)NC(=O)c2cnccn2)CC(C)C)O1. The van der Waals surface area contributed by atoms with Gasteiger partial charge >= 0.3 is 7.12 Å². The number of nitrogens with zero attached hydrogens (tertiary/aromatic N) is 2. The van der Waals surface area contributed by atoms with E-state index < -0.39 is 37.0 Å². The van der Waals surface area contributed by atoms with E-state index in [0.717, 1.165) is 5.56 Å². The van der Waals surface area contributed by atoms with Crippen LogP contribution in [0.4, 0.5) is 0 Å². The van der Waals surface area contributed by atoms with Gasteiger partial charge in [-0.3, -0.25) is 24.2 Å². The highest BCUT2D eigenvalue weighted by atomic mass is 16.6. The summed E-state index contributed by atoms with van der Waals surface area (Å²) < 4.78 is 11.3. The summed E-state index contributed by atoms with van der Waals surface area (Å²) in [6, 6.07) is 8.52. The van der Waals surface area contributed by atoms with Crippen LogP contribution >= 0.6 is 0 Å². The molecule has 1 fully saturated rings. The first-order valence-electron chi connectivity index (χ1n) is 12.3. The Morgan fingerprint density at radius 3 is 2.56 bits per heavy atom. The Labute approximate surface area is 211 Å². The monoisotopic (exact) mass is 493 g/mol. The van der Waals surface area contributed by atoms with Crippen LogP contribution in [0.3, 0.4) is 0 Å². The summed E-state index contributed by atoms with van der Waals surface area (Å²) in [5, 5.41) is 2.79. The van der Waals surface area contributed by atoms with E-state index >= 15 is 0 Å². The molecule has 0 aliphatic carbocycles. The molecule has 1 aliphatic heterocycles. The molecular weight excluding hydrogens is 461 g/mol. The summed E-state index contributed by atoms with van der Waals surface area (Å²) in [5.74, 6) is -1.73. The number of carbonyl (C=O) groups excluding carboxylic acids is 4. The lowest BCUT2D eigenvalue weighted by molar-refractivity contribution is -0.148. The van der Waals surface area contributed by atoms with E-state index in [0.29, 0.717) is 6.42 Å². The molecule has 0 spiro atoms. The molecule has 3 rings (SSSR count). The minimum absolute atomic E-state index is 0.00140. The first-order chi connectivity index (χ1) is 17.3. The van der Waals surface area contributed by atoms with Crippen molar-refractivity contribution in [3.63, 3.8) is 0 Å². The fourth-order valence-electron chi connectivity index (χ4n) is 4.23. The van der Waals surface area contributed by atoms with Gasteiger partial charge in [0.25, 0.3) is 11.9 Å². The quantitative estimate of drug-likeness (QED) is 0.448. The number of benzene rings is 1. The second-order valence-electron chi connectivity index (χ2n) is 9.37. The summed E-state index contributed by atoms with van der Waals surface area (Å²) in [5.41, 5.74) is 0.984. The number of amides is 1. The van der Waals surface area contributed by atoms with Crippen molar-refractivity contribution in [1.82, 2.24) is 15.3 Å². The Morgan fingerprint density at radius 1 is 1.17 bits per heavy atom. The highest BCUT2D eigenvalue weighted by molar-refractivity contribution is 6.50. The van der Waals surface area contributed by atoms with Crippen molar-refractivity contribution in [3.05, 3.63) is 60.2 Å². The van der Waals surface area contributed by atoms with Gasteiger partial charge in [-0.15, -0.1) is 0 Å². The third kappa shape index (κ3) is 7.81. The molecule has 2 aromatic rings. The van der Waals surface area contributed by atoms with E-state index in [1.807, 2.05) is 44.2 Å². The molecule has 1 aromatic carbocycles. The maximum absolute atomic E-state index is 13.6. The van der Waals surface area contributed by atoms with Crippen LogP contribution < -0.4 is 5.32 Å². The van der Waals surface area contributed by atoms with E-state index in [4.69, 9.17) is 9.31 Å².